The maximum absolute atomic E-state index is 13.1. The Morgan fingerprint density at radius 1 is 0.274 bits per heavy atom. The lowest BCUT2D eigenvalue weighted by Gasteiger charge is -2.21. The Kier molecular flexibility index (Phi) is 75.6. The number of aliphatic hydroxyl groups is 1. The van der Waals surface area contributed by atoms with Gasteiger partial charge in [-0.15, -0.1) is 0 Å². The first-order valence-electron chi connectivity index (χ1n) is 42.1. The highest BCUT2D eigenvalue weighted by atomic mass is 31.2. The first-order valence-corrected chi connectivity index (χ1v) is 45.1. The molecule has 0 aliphatic rings. The minimum absolute atomic E-state index is 0.0812. The number of phosphoric ester groups is 2. The average molecular weight is 1530 g/mol. The number of aliphatic hydroxyl groups excluding tert-OH is 1. The van der Waals surface area contributed by atoms with Gasteiger partial charge in [0, 0.05) is 25.7 Å². The Labute approximate surface area is 645 Å². The summed E-state index contributed by atoms with van der Waals surface area (Å²) >= 11 is 0. The summed E-state index contributed by atoms with van der Waals surface area (Å²) in [5, 5.41) is 10.7. The molecule has 17 nitrogen and oxygen atoms in total. The van der Waals surface area contributed by atoms with Gasteiger partial charge in [-0.3, -0.25) is 37.3 Å². The molecule has 0 spiro atoms. The zero-order valence-electron chi connectivity index (χ0n) is 67.1. The minimum Gasteiger partial charge on any atom is -0.462 e. The van der Waals surface area contributed by atoms with Crippen LogP contribution in [0.25, 0.3) is 0 Å². The number of rotatable bonds is 79. The molecule has 0 radical (unpaired) electrons. The number of unbranched alkanes of at least 4 members (excludes halogenated alkanes) is 35. The van der Waals surface area contributed by atoms with Crippen molar-refractivity contribution in [2.24, 2.45) is 0 Å². The van der Waals surface area contributed by atoms with Crippen molar-refractivity contribution in [3.8, 4) is 0 Å². The highest BCUT2D eigenvalue weighted by molar-refractivity contribution is 7.47. The molecular weight excluding hydrogens is 1380 g/mol. The Morgan fingerprint density at radius 3 is 0.792 bits per heavy atom. The summed E-state index contributed by atoms with van der Waals surface area (Å²) in [5.74, 6) is -2.21. The van der Waals surface area contributed by atoms with E-state index < -0.39 is 97.5 Å². The Hall–Kier alpha value is -4.28. The molecule has 3 N–H and O–H groups in total. The summed E-state index contributed by atoms with van der Waals surface area (Å²) in [4.78, 5) is 73.2. The second-order valence-electron chi connectivity index (χ2n) is 28.0. The number of esters is 4. The van der Waals surface area contributed by atoms with Crippen molar-refractivity contribution >= 4 is 39.5 Å². The van der Waals surface area contributed by atoms with Gasteiger partial charge in [-0.2, -0.15) is 0 Å². The predicted octanol–water partition coefficient (Wildman–Crippen LogP) is 24.9. The van der Waals surface area contributed by atoms with Crippen LogP contribution < -0.4 is 0 Å². The molecule has 0 saturated heterocycles. The summed E-state index contributed by atoms with van der Waals surface area (Å²) in [5.41, 5.74) is 0. The summed E-state index contributed by atoms with van der Waals surface area (Å²) in [6, 6.07) is 0. The fourth-order valence-electron chi connectivity index (χ4n) is 11.3. The van der Waals surface area contributed by atoms with Gasteiger partial charge in [0.05, 0.1) is 26.4 Å². The van der Waals surface area contributed by atoms with Gasteiger partial charge in [-0.05, 0) is 154 Å². The maximum atomic E-state index is 13.1. The lowest BCUT2D eigenvalue weighted by atomic mass is 10.1. The topological polar surface area (TPSA) is 237 Å². The van der Waals surface area contributed by atoms with Gasteiger partial charge in [0.2, 0.25) is 0 Å². The Balaban J connectivity index is 5.36. The second kappa shape index (κ2) is 78.8. The third-order valence-corrected chi connectivity index (χ3v) is 19.6. The van der Waals surface area contributed by atoms with Crippen LogP contribution in [0.3, 0.4) is 0 Å². The van der Waals surface area contributed by atoms with Crippen molar-refractivity contribution in [2.75, 3.05) is 39.6 Å². The van der Waals surface area contributed by atoms with Gasteiger partial charge in [0.15, 0.2) is 12.2 Å². The van der Waals surface area contributed by atoms with Crippen LogP contribution in [0.2, 0.25) is 0 Å². The van der Waals surface area contributed by atoms with E-state index in [9.17, 15) is 43.2 Å². The zero-order chi connectivity index (χ0) is 77.4. The van der Waals surface area contributed by atoms with Gasteiger partial charge in [0.25, 0.3) is 0 Å². The molecule has 0 aromatic rings. The van der Waals surface area contributed by atoms with Crippen LogP contribution in [0.4, 0.5) is 0 Å². The van der Waals surface area contributed by atoms with E-state index in [2.05, 4.69) is 137 Å². The first-order chi connectivity index (χ1) is 51.7. The van der Waals surface area contributed by atoms with E-state index in [4.69, 9.17) is 37.0 Å². The third kappa shape index (κ3) is 77.9. The van der Waals surface area contributed by atoms with Crippen LogP contribution in [0.15, 0.2) is 109 Å². The molecule has 5 atom stereocenters. The normalized spacial score (nSPS) is 14.4. The predicted molar refractivity (Wildman–Crippen MR) is 436 cm³/mol. The molecule has 0 aromatic heterocycles. The summed E-state index contributed by atoms with van der Waals surface area (Å²) in [6.07, 6.45) is 86.2. The number of hydrogen-bond acceptors (Lipinski definition) is 15. The van der Waals surface area contributed by atoms with Crippen LogP contribution in [-0.4, -0.2) is 96.7 Å². The van der Waals surface area contributed by atoms with Crippen molar-refractivity contribution < 1.29 is 80.2 Å². The third-order valence-electron chi connectivity index (χ3n) is 17.7. The number of allylic oxidation sites excluding steroid dienone is 18. The van der Waals surface area contributed by atoms with Crippen molar-refractivity contribution in [3.05, 3.63) is 109 Å². The van der Waals surface area contributed by atoms with Crippen molar-refractivity contribution in [1.29, 1.82) is 0 Å². The van der Waals surface area contributed by atoms with Gasteiger partial charge < -0.3 is 33.8 Å². The van der Waals surface area contributed by atoms with E-state index in [0.29, 0.717) is 25.7 Å². The van der Waals surface area contributed by atoms with E-state index in [1.807, 2.05) is 0 Å². The molecule has 5 unspecified atom stereocenters. The summed E-state index contributed by atoms with van der Waals surface area (Å²) in [7, 11) is -9.97. The number of carbonyl (C=O) groups is 4. The van der Waals surface area contributed by atoms with Crippen LogP contribution in [-0.2, 0) is 65.4 Å². The lowest BCUT2D eigenvalue weighted by Crippen LogP contribution is -2.30. The van der Waals surface area contributed by atoms with Crippen LogP contribution in [0, 0.1) is 0 Å². The molecule has 0 aliphatic carbocycles. The minimum atomic E-state index is -4.99. The lowest BCUT2D eigenvalue weighted by molar-refractivity contribution is -0.161. The number of carbonyl (C=O) groups excluding carboxylic acids is 4. The molecule has 0 bridgehead atoms. The molecule has 0 aliphatic heterocycles. The fraction of sp³-hybridized carbons (Fsp3) is 0.747. The van der Waals surface area contributed by atoms with Crippen molar-refractivity contribution in [3.63, 3.8) is 0 Å². The van der Waals surface area contributed by atoms with E-state index >= 15 is 0 Å². The highest BCUT2D eigenvalue weighted by Gasteiger charge is 2.30. The zero-order valence-corrected chi connectivity index (χ0v) is 68.9. The van der Waals surface area contributed by atoms with E-state index in [1.54, 1.807) is 0 Å². The standard InChI is InChI=1S/C87H152O17P2/c1-5-9-13-17-21-25-29-33-36-38-40-42-45-48-51-55-59-63-67-71-84(89)97-77-82(103-86(91)73-69-65-61-57-53-47-32-28-24-20-16-12-8-4)79-101-105(93,94)99-75-81(88)76-100-106(95,96)102-80-83(104-87(92)74-70-66-62-58-54-50-44-35-31-27-23-19-15-11-7-3)78-98-85(90)72-68-64-60-56-52-49-46-43-41-39-37-34-30-26-22-18-14-10-6-2/h10,14,21-22,25-26,28,32-37,40-44,81-83,88H,5-9,11-13,15-20,23-24,27,29-31,38-39,45-80H2,1-4H3,(H,93,94)(H,95,96)/b14-10-,25-21-,26-22-,32-28-,36-33-,37-34-,42-40-,43-41-,44-35-. The van der Waals surface area contributed by atoms with Gasteiger partial charge in [0.1, 0.15) is 19.3 Å². The van der Waals surface area contributed by atoms with Crippen LogP contribution >= 0.6 is 15.6 Å². The quantitative estimate of drug-likeness (QED) is 0.0169. The Morgan fingerprint density at radius 2 is 0.491 bits per heavy atom. The van der Waals surface area contributed by atoms with Crippen LogP contribution in [0.5, 0.6) is 0 Å². The highest BCUT2D eigenvalue weighted by Crippen LogP contribution is 2.45. The second-order valence-corrected chi connectivity index (χ2v) is 30.9. The van der Waals surface area contributed by atoms with Gasteiger partial charge >= 0.3 is 39.5 Å². The smallest absolute Gasteiger partial charge is 0.462 e. The molecule has 0 amide bonds. The number of ether oxygens (including phenoxy) is 4. The SMILES string of the molecule is CC/C=C\C/C=C\C/C=C\C/C=C\CCCCCCCCC(=O)OCC(COP(=O)(O)OCC(O)COP(=O)(O)OCC(COC(=O)CCCCCCCC/C=C\C/C=C\C/C=C\CCCCC)OC(=O)CCCCCCC/C=C\CCCCCC)OC(=O)CCCCCCC/C=C\CCCCCCCC. The van der Waals surface area contributed by atoms with Gasteiger partial charge in [-0.25, -0.2) is 9.13 Å². The van der Waals surface area contributed by atoms with Crippen molar-refractivity contribution in [2.45, 2.75) is 380 Å². The molecule has 0 saturated carbocycles. The number of hydrogen-bond donors (Lipinski definition) is 3. The summed E-state index contributed by atoms with van der Waals surface area (Å²) < 4.78 is 68.7. The number of phosphoric acid groups is 2. The Bertz CT molecular complexity index is 2430. The molecule has 106 heavy (non-hydrogen) atoms. The molecule has 0 heterocycles. The molecule has 0 aromatic carbocycles. The molecule has 0 fully saturated rings. The van der Waals surface area contributed by atoms with E-state index in [0.717, 1.165) is 199 Å². The summed E-state index contributed by atoms with van der Waals surface area (Å²) in [6.45, 7) is 4.72. The van der Waals surface area contributed by atoms with E-state index in [-0.39, 0.29) is 25.7 Å². The molecule has 612 valence electrons. The van der Waals surface area contributed by atoms with Crippen LogP contribution in [0.1, 0.15) is 362 Å². The molecule has 19 heteroatoms. The monoisotopic (exact) mass is 1530 g/mol. The molecule has 0 rings (SSSR count). The van der Waals surface area contributed by atoms with Gasteiger partial charge in [-0.1, -0.05) is 291 Å². The first kappa shape index (κ1) is 102. The fourth-order valence-corrected chi connectivity index (χ4v) is 12.8. The average Bonchev–Trinajstić information content (AvgIpc) is 0.933. The van der Waals surface area contributed by atoms with Crippen molar-refractivity contribution in [1.82, 2.24) is 0 Å². The molecular formula is C87H152O17P2. The van der Waals surface area contributed by atoms with E-state index in [1.165, 1.54) is 83.5 Å². The largest absolute Gasteiger partial charge is 0.472 e. The maximum Gasteiger partial charge on any atom is 0.472 e.